The minimum Gasteiger partial charge on any atom is -0.491 e. The highest BCUT2D eigenvalue weighted by molar-refractivity contribution is 7.89. The van der Waals surface area contributed by atoms with Crippen LogP contribution in [0.15, 0.2) is 23.1 Å². The van der Waals surface area contributed by atoms with Crippen LogP contribution in [0.25, 0.3) is 0 Å². The first kappa shape index (κ1) is 19.2. The molecule has 0 amide bonds. The van der Waals surface area contributed by atoms with Gasteiger partial charge in [-0.25, -0.2) is 13.1 Å². The van der Waals surface area contributed by atoms with Crippen molar-refractivity contribution in [1.82, 2.24) is 10.0 Å². The summed E-state index contributed by atoms with van der Waals surface area (Å²) < 4.78 is 33.3. The number of aryl methyl sites for hydroxylation is 1. The number of sulfonamides is 1. The van der Waals surface area contributed by atoms with Crippen LogP contribution >= 0.6 is 12.4 Å². The van der Waals surface area contributed by atoms with Gasteiger partial charge in [-0.3, -0.25) is 0 Å². The molecule has 0 bridgehead atoms. The molecule has 0 spiro atoms. The first-order valence-electron chi connectivity index (χ1n) is 7.39. The molecule has 0 aromatic heterocycles. The van der Waals surface area contributed by atoms with E-state index in [1.807, 2.05) is 20.8 Å². The molecule has 1 fully saturated rings. The molecule has 1 saturated heterocycles. The predicted octanol–water partition coefficient (Wildman–Crippen LogP) is 2.23. The lowest BCUT2D eigenvalue weighted by atomic mass is 10.1. The van der Waals surface area contributed by atoms with E-state index >= 15 is 0 Å². The summed E-state index contributed by atoms with van der Waals surface area (Å²) in [5, 5.41) is 3.22. The summed E-state index contributed by atoms with van der Waals surface area (Å²) in [7, 11) is -3.46. The standard InChI is InChI=1S/C15H24N2O3S.ClH/c1-11(2)20-15-5-4-14(10-12(15)3)21(18,19)17-13-6-8-16-9-7-13;/h4-5,10-11,13,16-17H,6-9H2,1-3H3;1H. The Morgan fingerprint density at radius 2 is 1.91 bits per heavy atom. The van der Waals surface area contributed by atoms with E-state index in [9.17, 15) is 8.42 Å². The van der Waals surface area contributed by atoms with Crippen LogP contribution in [0, 0.1) is 6.92 Å². The van der Waals surface area contributed by atoms with Crippen LogP contribution in [0.2, 0.25) is 0 Å². The van der Waals surface area contributed by atoms with Crippen LogP contribution in [0.5, 0.6) is 5.75 Å². The Morgan fingerprint density at radius 1 is 1.27 bits per heavy atom. The highest BCUT2D eigenvalue weighted by Gasteiger charge is 2.22. The van der Waals surface area contributed by atoms with Crippen LogP contribution in [-0.2, 0) is 10.0 Å². The second-order valence-corrected chi connectivity index (χ2v) is 7.45. The third-order valence-corrected chi connectivity index (χ3v) is 5.00. The minimum atomic E-state index is -3.46. The van der Waals surface area contributed by atoms with Crippen molar-refractivity contribution >= 4 is 22.4 Å². The summed E-state index contributed by atoms with van der Waals surface area (Å²) in [5.74, 6) is 0.728. The van der Waals surface area contributed by atoms with Crippen LogP contribution in [0.1, 0.15) is 32.3 Å². The van der Waals surface area contributed by atoms with Crippen LogP contribution < -0.4 is 14.8 Å². The molecule has 0 unspecified atom stereocenters. The number of ether oxygens (including phenoxy) is 1. The van der Waals surface area contributed by atoms with Crippen molar-refractivity contribution in [2.24, 2.45) is 0 Å². The normalized spacial score (nSPS) is 16.4. The van der Waals surface area contributed by atoms with Gasteiger partial charge >= 0.3 is 0 Å². The van der Waals surface area contributed by atoms with Crippen molar-refractivity contribution in [3.63, 3.8) is 0 Å². The summed E-state index contributed by atoms with van der Waals surface area (Å²) in [6.45, 7) is 7.47. The molecule has 1 heterocycles. The molecule has 0 radical (unpaired) electrons. The van der Waals surface area contributed by atoms with Gasteiger partial charge in [0.1, 0.15) is 5.75 Å². The largest absolute Gasteiger partial charge is 0.491 e. The fraction of sp³-hybridized carbons (Fsp3) is 0.600. The lowest BCUT2D eigenvalue weighted by Gasteiger charge is -2.23. The molecule has 22 heavy (non-hydrogen) atoms. The lowest BCUT2D eigenvalue weighted by Crippen LogP contribution is -2.42. The number of nitrogens with one attached hydrogen (secondary N) is 2. The lowest BCUT2D eigenvalue weighted by molar-refractivity contribution is 0.240. The van der Waals surface area contributed by atoms with Gasteiger partial charge in [-0.2, -0.15) is 0 Å². The van der Waals surface area contributed by atoms with E-state index < -0.39 is 10.0 Å². The molecule has 126 valence electrons. The van der Waals surface area contributed by atoms with Gasteiger partial charge in [-0.05, 0) is 70.5 Å². The van der Waals surface area contributed by atoms with Crippen molar-refractivity contribution < 1.29 is 13.2 Å². The van der Waals surface area contributed by atoms with E-state index in [-0.39, 0.29) is 24.6 Å². The summed E-state index contributed by atoms with van der Waals surface area (Å²) >= 11 is 0. The van der Waals surface area contributed by atoms with Gasteiger partial charge in [0.15, 0.2) is 0 Å². The van der Waals surface area contributed by atoms with Crippen molar-refractivity contribution in [1.29, 1.82) is 0 Å². The second-order valence-electron chi connectivity index (χ2n) is 5.74. The van der Waals surface area contributed by atoms with E-state index in [1.165, 1.54) is 0 Å². The predicted molar refractivity (Wildman–Crippen MR) is 90.4 cm³/mol. The Morgan fingerprint density at radius 3 is 2.45 bits per heavy atom. The number of benzene rings is 1. The molecule has 5 nitrogen and oxygen atoms in total. The SMILES string of the molecule is Cc1cc(S(=O)(=O)NC2CCNCC2)ccc1OC(C)C.Cl. The third-order valence-electron chi connectivity index (χ3n) is 3.48. The van der Waals surface area contributed by atoms with Gasteiger partial charge in [-0.15, -0.1) is 12.4 Å². The first-order chi connectivity index (χ1) is 9.88. The zero-order valence-electron chi connectivity index (χ0n) is 13.3. The Balaban J connectivity index is 0.00000242. The molecule has 2 N–H and O–H groups in total. The topological polar surface area (TPSA) is 67.4 Å². The second kappa shape index (κ2) is 8.15. The zero-order valence-corrected chi connectivity index (χ0v) is 14.9. The summed E-state index contributed by atoms with van der Waals surface area (Å²) in [4.78, 5) is 0.301. The molecule has 1 aromatic carbocycles. The first-order valence-corrected chi connectivity index (χ1v) is 8.87. The molecule has 0 atom stereocenters. The quantitative estimate of drug-likeness (QED) is 0.856. The number of hydrogen-bond donors (Lipinski definition) is 2. The average Bonchev–Trinajstić information content (AvgIpc) is 2.41. The molecule has 1 aliphatic heterocycles. The van der Waals surface area contributed by atoms with Gasteiger partial charge in [0, 0.05) is 6.04 Å². The van der Waals surface area contributed by atoms with E-state index in [0.29, 0.717) is 4.90 Å². The van der Waals surface area contributed by atoms with E-state index in [0.717, 1.165) is 37.2 Å². The fourth-order valence-electron chi connectivity index (χ4n) is 2.40. The molecule has 1 aliphatic rings. The molecule has 7 heteroatoms. The van der Waals surface area contributed by atoms with Gasteiger partial charge < -0.3 is 10.1 Å². The van der Waals surface area contributed by atoms with Crippen molar-refractivity contribution in [2.45, 2.75) is 50.7 Å². The van der Waals surface area contributed by atoms with Crippen molar-refractivity contribution in [2.75, 3.05) is 13.1 Å². The third kappa shape index (κ3) is 5.12. The number of piperidine rings is 1. The maximum absolute atomic E-state index is 12.4. The molecule has 0 aliphatic carbocycles. The van der Waals surface area contributed by atoms with E-state index in [1.54, 1.807) is 18.2 Å². The summed E-state index contributed by atoms with van der Waals surface area (Å²) in [6, 6.07) is 5.02. The van der Waals surface area contributed by atoms with Crippen molar-refractivity contribution in [3.8, 4) is 5.75 Å². The highest BCUT2D eigenvalue weighted by Crippen LogP contribution is 2.23. The summed E-state index contributed by atoms with van der Waals surface area (Å²) in [6.07, 6.45) is 1.72. The smallest absolute Gasteiger partial charge is 0.240 e. The molecular weight excluding hydrogens is 324 g/mol. The zero-order chi connectivity index (χ0) is 15.5. The van der Waals surface area contributed by atoms with Gasteiger partial charge in [0.05, 0.1) is 11.0 Å². The Labute approximate surface area is 139 Å². The Hall–Kier alpha value is -0.820. The molecule has 1 aromatic rings. The Kier molecular flexibility index (Phi) is 7.12. The Bertz CT molecular complexity index is 584. The molecular formula is C15H25ClN2O3S. The average molecular weight is 349 g/mol. The van der Waals surface area contributed by atoms with Crippen LogP contribution in [0.4, 0.5) is 0 Å². The fourth-order valence-corrected chi connectivity index (χ4v) is 3.79. The summed E-state index contributed by atoms with van der Waals surface area (Å²) in [5.41, 5.74) is 0.830. The van der Waals surface area contributed by atoms with Crippen LogP contribution in [0.3, 0.4) is 0 Å². The minimum absolute atomic E-state index is 0. The van der Waals surface area contributed by atoms with Gasteiger partial charge in [-0.1, -0.05) is 0 Å². The van der Waals surface area contributed by atoms with Gasteiger partial charge in [0.25, 0.3) is 0 Å². The highest BCUT2D eigenvalue weighted by atomic mass is 35.5. The molecule has 2 rings (SSSR count). The van der Waals surface area contributed by atoms with Crippen LogP contribution in [-0.4, -0.2) is 33.7 Å². The maximum atomic E-state index is 12.4. The number of hydrogen-bond acceptors (Lipinski definition) is 4. The maximum Gasteiger partial charge on any atom is 0.240 e. The monoisotopic (exact) mass is 348 g/mol. The van der Waals surface area contributed by atoms with Crippen molar-refractivity contribution in [3.05, 3.63) is 23.8 Å². The number of rotatable bonds is 5. The van der Waals surface area contributed by atoms with E-state index in [4.69, 9.17) is 4.74 Å². The van der Waals surface area contributed by atoms with Gasteiger partial charge in [0.2, 0.25) is 10.0 Å². The number of halogens is 1. The van der Waals surface area contributed by atoms with E-state index in [2.05, 4.69) is 10.0 Å². The molecule has 0 saturated carbocycles.